The van der Waals surface area contributed by atoms with E-state index in [2.05, 4.69) is 40.4 Å². The fourth-order valence-electron chi connectivity index (χ4n) is 4.69. The van der Waals surface area contributed by atoms with Gasteiger partial charge in [0.05, 0.1) is 12.7 Å². The van der Waals surface area contributed by atoms with Gasteiger partial charge in [-0.25, -0.2) is 4.79 Å². The van der Waals surface area contributed by atoms with Gasteiger partial charge in [0.1, 0.15) is 0 Å². The third-order valence-corrected chi connectivity index (χ3v) is 6.11. The molecule has 5 rings (SSSR count). The summed E-state index contributed by atoms with van der Waals surface area (Å²) < 4.78 is 4.91. The van der Waals surface area contributed by atoms with Crippen LogP contribution in [0.2, 0.25) is 0 Å². The van der Waals surface area contributed by atoms with Crippen LogP contribution in [0.25, 0.3) is 33.1 Å². The Morgan fingerprint density at radius 2 is 1.93 bits per heavy atom. The van der Waals surface area contributed by atoms with Crippen molar-refractivity contribution < 1.29 is 42.2 Å². The van der Waals surface area contributed by atoms with Gasteiger partial charge in [-0.3, -0.25) is 0 Å². The Labute approximate surface area is 201 Å². The van der Waals surface area contributed by atoms with Crippen molar-refractivity contribution in [3.63, 3.8) is 0 Å². The maximum Gasteiger partial charge on any atom is 0.337 e. The van der Waals surface area contributed by atoms with Crippen LogP contribution in [0.1, 0.15) is 53.9 Å². The van der Waals surface area contributed by atoms with E-state index in [1.807, 2.05) is 24.3 Å². The number of methoxy groups -OCH3 is 1. The van der Waals surface area contributed by atoms with Gasteiger partial charge in [-0.15, -0.1) is 5.39 Å². The monoisotopic (exact) mass is 472 g/mol. The topological polar surface area (TPSA) is 55.0 Å². The molecule has 1 N–H and O–H groups in total. The van der Waals surface area contributed by atoms with Crippen molar-refractivity contribution in [1.29, 1.82) is 0 Å². The van der Waals surface area contributed by atoms with Gasteiger partial charge in [-0.05, 0) is 47.5 Å². The number of H-pyrrole nitrogens is 1. The summed E-state index contributed by atoms with van der Waals surface area (Å²) in [5.41, 5.74) is 6.19. The zero-order valence-electron chi connectivity index (χ0n) is 17.1. The molecule has 1 aliphatic rings. The number of pyridine rings is 1. The Bertz CT molecular complexity index is 1210. The van der Waals surface area contributed by atoms with Crippen molar-refractivity contribution in [3.8, 4) is 11.3 Å². The van der Waals surface area contributed by atoms with E-state index in [1.54, 1.807) is 0 Å². The van der Waals surface area contributed by atoms with Crippen molar-refractivity contribution >= 4 is 27.8 Å². The van der Waals surface area contributed by atoms with E-state index < -0.39 is 0 Å². The van der Waals surface area contributed by atoms with Crippen LogP contribution in [-0.2, 0) is 37.4 Å². The van der Waals surface area contributed by atoms with Crippen LogP contribution in [-0.4, -0.2) is 23.0 Å². The third kappa shape index (κ3) is 3.83. The summed E-state index contributed by atoms with van der Waals surface area (Å²) in [4.78, 5) is 20.0. The molecule has 0 saturated heterocycles. The fraction of sp³-hybridized carbons (Fsp3) is 0.280. The predicted octanol–water partition coefficient (Wildman–Crippen LogP) is 6.02. The molecule has 1 fully saturated rings. The Hall–Kier alpha value is -2.04. The molecule has 1 saturated carbocycles. The molecular formula is C25H23N2O2Y-. The van der Waals surface area contributed by atoms with Crippen molar-refractivity contribution in [2.75, 3.05) is 7.11 Å². The maximum atomic E-state index is 12.0. The van der Waals surface area contributed by atoms with Crippen LogP contribution in [0.15, 0.2) is 48.5 Å². The zero-order valence-corrected chi connectivity index (χ0v) is 19.9. The molecule has 0 atom stereocenters. The van der Waals surface area contributed by atoms with E-state index in [1.165, 1.54) is 50.2 Å². The molecule has 0 amide bonds. The molecule has 2 aromatic heterocycles. The molecule has 0 bridgehead atoms. The summed E-state index contributed by atoms with van der Waals surface area (Å²) in [5.74, 6) is 0.227. The van der Waals surface area contributed by atoms with E-state index in [0.29, 0.717) is 11.5 Å². The molecule has 4 nitrogen and oxygen atoms in total. The molecule has 2 heterocycles. The third-order valence-electron chi connectivity index (χ3n) is 6.11. The van der Waals surface area contributed by atoms with Crippen LogP contribution in [0.4, 0.5) is 0 Å². The van der Waals surface area contributed by atoms with Crippen molar-refractivity contribution in [2.45, 2.75) is 38.0 Å². The Morgan fingerprint density at radius 3 is 2.73 bits per heavy atom. The fourth-order valence-corrected chi connectivity index (χ4v) is 4.69. The number of carbonyl (C=O) groups is 1. The number of ether oxygens (including phenoxy) is 1. The molecule has 5 heteroatoms. The Kier molecular flexibility index (Phi) is 6.36. The van der Waals surface area contributed by atoms with Crippen molar-refractivity contribution in [1.82, 2.24) is 9.97 Å². The van der Waals surface area contributed by atoms with Crippen LogP contribution in [0.3, 0.4) is 0 Å². The number of aromatic amines is 1. The van der Waals surface area contributed by atoms with E-state index >= 15 is 0 Å². The molecule has 2 aromatic carbocycles. The van der Waals surface area contributed by atoms with Crippen molar-refractivity contribution in [2.24, 2.45) is 0 Å². The number of nitrogens with one attached hydrogen (secondary N) is 1. The Morgan fingerprint density at radius 1 is 1.10 bits per heavy atom. The number of hydrogen-bond acceptors (Lipinski definition) is 3. The quantitative estimate of drug-likeness (QED) is 0.293. The predicted molar refractivity (Wildman–Crippen MR) is 115 cm³/mol. The second kappa shape index (κ2) is 8.99. The molecule has 0 spiro atoms. The summed E-state index contributed by atoms with van der Waals surface area (Å²) in [6.45, 7) is 0. The summed E-state index contributed by atoms with van der Waals surface area (Å²) in [5, 5.41) is 2.31. The SMILES string of the molecule is COC(=O)c1ccc2c(C3CCCCC3)c(-c3ccc4n[c-]ccc4c3)[nH]c2c1.[Y]. The number of carbonyl (C=O) groups excluding carboxylic acids is 1. The number of hydrogen-bond donors (Lipinski definition) is 1. The molecular weight excluding hydrogens is 449 g/mol. The van der Waals surface area contributed by atoms with Gasteiger partial charge in [-0.2, -0.15) is 12.1 Å². The smallest absolute Gasteiger partial charge is 0.337 e. The molecule has 0 unspecified atom stereocenters. The van der Waals surface area contributed by atoms with Gasteiger partial charge in [0.2, 0.25) is 0 Å². The summed E-state index contributed by atoms with van der Waals surface area (Å²) in [6, 6.07) is 16.1. The number of rotatable bonds is 3. The van der Waals surface area contributed by atoms with Gasteiger partial charge >= 0.3 is 5.97 Å². The first-order chi connectivity index (χ1) is 14.2. The standard InChI is InChI=1S/C25H23N2O2.Y/c1-29-25(28)19-9-11-20-22(15-19)27-24(23(20)16-6-3-2-4-7-16)18-10-12-21-17(14-18)8-5-13-26-21;/h5,8-12,14-16,27H,2-4,6-7H2,1H3;/q-1;. The summed E-state index contributed by atoms with van der Waals surface area (Å²) >= 11 is 0. The summed E-state index contributed by atoms with van der Waals surface area (Å²) in [7, 11) is 1.42. The number of esters is 1. The first-order valence-corrected chi connectivity index (χ1v) is 10.3. The van der Waals surface area contributed by atoms with E-state index in [0.717, 1.165) is 27.7 Å². The zero-order chi connectivity index (χ0) is 19.8. The van der Waals surface area contributed by atoms with E-state index in [-0.39, 0.29) is 38.7 Å². The van der Waals surface area contributed by atoms with Gasteiger partial charge in [0, 0.05) is 49.3 Å². The average Bonchev–Trinajstić information content (AvgIpc) is 3.17. The van der Waals surface area contributed by atoms with E-state index in [9.17, 15) is 4.79 Å². The molecule has 149 valence electrons. The van der Waals surface area contributed by atoms with Gasteiger partial charge in [0.25, 0.3) is 0 Å². The maximum absolute atomic E-state index is 12.0. The van der Waals surface area contributed by atoms with Gasteiger partial charge in [0.15, 0.2) is 0 Å². The van der Waals surface area contributed by atoms with Crippen molar-refractivity contribution in [3.05, 3.63) is 65.9 Å². The van der Waals surface area contributed by atoms with E-state index in [4.69, 9.17) is 4.74 Å². The van der Waals surface area contributed by atoms with Gasteiger partial charge in [-0.1, -0.05) is 49.7 Å². The number of benzene rings is 2. The Balaban J connectivity index is 0.00000218. The first kappa shape index (κ1) is 21.2. The minimum atomic E-state index is -0.310. The van der Waals surface area contributed by atoms with Gasteiger partial charge < -0.3 is 14.7 Å². The molecule has 1 radical (unpaired) electrons. The molecule has 30 heavy (non-hydrogen) atoms. The normalized spacial score (nSPS) is 14.6. The second-order valence-electron chi connectivity index (χ2n) is 7.85. The minimum Gasteiger partial charge on any atom is -0.465 e. The van der Waals surface area contributed by atoms with Crippen LogP contribution >= 0.6 is 0 Å². The molecule has 1 aliphatic carbocycles. The molecule has 4 aromatic rings. The second-order valence-corrected chi connectivity index (χ2v) is 7.85. The first-order valence-electron chi connectivity index (χ1n) is 10.3. The average molecular weight is 472 g/mol. The summed E-state index contributed by atoms with van der Waals surface area (Å²) in [6.07, 6.45) is 9.19. The number of aromatic nitrogens is 2. The molecule has 0 aliphatic heterocycles. The largest absolute Gasteiger partial charge is 0.465 e. The van der Waals surface area contributed by atoms with Crippen LogP contribution in [0.5, 0.6) is 0 Å². The van der Waals surface area contributed by atoms with Crippen LogP contribution < -0.4 is 0 Å². The van der Waals surface area contributed by atoms with Crippen LogP contribution in [0, 0.1) is 6.20 Å². The minimum absolute atomic E-state index is 0. The number of nitrogens with zero attached hydrogens (tertiary/aromatic N) is 1. The number of fused-ring (bicyclic) bond motifs is 2.